The van der Waals surface area contributed by atoms with E-state index in [1.54, 1.807) is 18.2 Å². The number of nitrogen functional groups attached to an aromatic ring is 1. The molecule has 4 rings (SSSR count). The summed E-state index contributed by atoms with van der Waals surface area (Å²) in [4.78, 5) is 31.7. The zero-order valence-corrected chi connectivity index (χ0v) is 15.9. The molecule has 0 saturated carbocycles. The van der Waals surface area contributed by atoms with Crippen LogP contribution in [0.1, 0.15) is 15.2 Å². The molecule has 0 spiro atoms. The van der Waals surface area contributed by atoms with Crippen molar-refractivity contribution in [3.05, 3.63) is 49.6 Å². The lowest BCUT2D eigenvalue weighted by atomic mass is 10.1. The Balaban J connectivity index is 1.73. The maximum Gasteiger partial charge on any atom is 0.347 e. The van der Waals surface area contributed by atoms with E-state index in [1.165, 1.54) is 17.4 Å². The molecule has 3 aromatic rings. The van der Waals surface area contributed by atoms with Gasteiger partial charge in [-0.05, 0) is 24.3 Å². The van der Waals surface area contributed by atoms with Gasteiger partial charge in [-0.3, -0.25) is 4.79 Å². The monoisotopic (exact) mass is 435 g/mol. The van der Waals surface area contributed by atoms with Crippen molar-refractivity contribution in [3.8, 4) is 0 Å². The molecule has 1 fully saturated rings. The first-order valence-electron chi connectivity index (χ1n) is 7.90. The van der Waals surface area contributed by atoms with E-state index in [0.29, 0.717) is 42.4 Å². The minimum atomic E-state index is -0.689. The Morgan fingerprint density at radius 1 is 1.27 bits per heavy atom. The van der Waals surface area contributed by atoms with Gasteiger partial charge in [-0.2, -0.15) is 0 Å². The maximum absolute atomic E-state index is 12.9. The Labute approximate surface area is 160 Å². The molecule has 1 saturated heterocycles. The number of aromatic nitrogens is 1. The van der Waals surface area contributed by atoms with Gasteiger partial charge in [0, 0.05) is 22.9 Å². The summed E-state index contributed by atoms with van der Waals surface area (Å²) in [6.07, 6.45) is 0. The number of nitrogens with zero attached hydrogens (tertiary/aromatic N) is 2. The van der Waals surface area contributed by atoms with Gasteiger partial charge in [0.1, 0.15) is 21.8 Å². The first kappa shape index (κ1) is 17.2. The van der Waals surface area contributed by atoms with Gasteiger partial charge in [-0.15, -0.1) is 0 Å². The molecule has 0 aliphatic carbocycles. The van der Waals surface area contributed by atoms with Crippen molar-refractivity contribution < 1.29 is 13.9 Å². The lowest BCUT2D eigenvalue weighted by molar-refractivity contribution is 0.104. The number of halogens is 1. The quantitative estimate of drug-likeness (QED) is 0.498. The van der Waals surface area contributed by atoms with Gasteiger partial charge < -0.3 is 19.8 Å². The van der Waals surface area contributed by atoms with Crippen LogP contribution in [-0.4, -0.2) is 37.1 Å². The first-order chi connectivity index (χ1) is 12.5. The van der Waals surface area contributed by atoms with Crippen molar-refractivity contribution in [2.75, 3.05) is 36.9 Å². The van der Waals surface area contributed by atoms with Crippen molar-refractivity contribution in [3.63, 3.8) is 0 Å². The lowest BCUT2D eigenvalue weighted by Crippen LogP contribution is -2.36. The molecular weight excluding hydrogens is 422 g/mol. The number of hydrogen-bond acceptors (Lipinski definition) is 8. The summed E-state index contributed by atoms with van der Waals surface area (Å²) < 4.78 is 11.4. The van der Waals surface area contributed by atoms with Crippen molar-refractivity contribution in [2.24, 2.45) is 0 Å². The van der Waals surface area contributed by atoms with Crippen molar-refractivity contribution >= 4 is 55.0 Å². The predicted octanol–water partition coefficient (Wildman–Crippen LogP) is 2.66. The van der Waals surface area contributed by atoms with Crippen LogP contribution in [0.4, 0.5) is 10.9 Å². The molecule has 0 bridgehead atoms. The highest BCUT2D eigenvalue weighted by molar-refractivity contribution is 9.10. The number of fused-ring (bicyclic) bond motifs is 1. The van der Waals surface area contributed by atoms with Gasteiger partial charge in [0.15, 0.2) is 5.13 Å². The minimum absolute atomic E-state index is 0.0560. The van der Waals surface area contributed by atoms with Crippen LogP contribution in [-0.2, 0) is 4.74 Å². The van der Waals surface area contributed by atoms with Gasteiger partial charge in [0.25, 0.3) is 0 Å². The summed E-state index contributed by atoms with van der Waals surface area (Å²) in [5.74, 6) is -0.356. The fourth-order valence-corrected chi connectivity index (χ4v) is 4.12. The lowest BCUT2D eigenvalue weighted by Gasteiger charge is -2.25. The van der Waals surface area contributed by atoms with E-state index >= 15 is 0 Å². The number of carbonyl (C=O) groups excluding carboxylic acids is 1. The van der Waals surface area contributed by atoms with Gasteiger partial charge in [0.05, 0.1) is 13.2 Å². The third kappa shape index (κ3) is 3.13. The molecule has 26 heavy (non-hydrogen) atoms. The second-order valence-corrected chi connectivity index (χ2v) is 7.66. The third-order valence-corrected chi connectivity index (χ3v) is 5.69. The van der Waals surface area contributed by atoms with Crippen LogP contribution in [0.5, 0.6) is 0 Å². The molecule has 1 aliphatic heterocycles. The minimum Gasteiger partial charge on any atom is -0.422 e. The second kappa shape index (κ2) is 6.82. The Morgan fingerprint density at radius 3 is 2.81 bits per heavy atom. The number of carbonyl (C=O) groups is 1. The largest absolute Gasteiger partial charge is 0.422 e. The van der Waals surface area contributed by atoms with Crippen LogP contribution >= 0.6 is 27.3 Å². The van der Waals surface area contributed by atoms with E-state index in [2.05, 4.69) is 20.9 Å². The van der Waals surface area contributed by atoms with Crippen LogP contribution < -0.4 is 16.3 Å². The highest BCUT2D eigenvalue weighted by Crippen LogP contribution is 2.30. The molecular formula is C17H14BrN3O4S. The zero-order valence-electron chi connectivity index (χ0n) is 13.5. The van der Waals surface area contributed by atoms with E-state index < -0.39 is 11.4 Å². The maximum atomic E-state index is 12.9. The highest BCUT2D eigenvalue weighted by atomic mass is 79.9. The van der Waals surface area contributed by atoms with Crippen molar-refractivity contribution in [1.82, 2.24) is 4.98 Å². The summed E-state index contributed by atoms with van der Waals surface area (Å²) in [6, 6.07) is 6.75. The molecule has 0 radical (unpaired) electrons. The van der Waals surface area contributed by atoms with Gasteiger partial charge in [0.2, 0.25) is 5.78 Å². The summed E-state index contributed by atoms with van der Waals surface area (Å²) in [6.45, 7) is 2.58. The number of thiazole rings is 1. The van der Waals surface area contributed by atoms with Crippen molar-refractivity contribution in [1.29, 1.82) is 0 Å². The van der Waals surface area contributed by atoms with Crippen LogP contribution in [0.15, 0.2) is 37.9 Å². The summed E-state index contributed by atoms with van der Waals surface area (Å²) in [5.41, 5.74) is 5.63. The standard InChI is InChI=1S/C17H14BrN3O4S/c18-10-1-2-12-9(7-10)8-11(16(23)25-12)13(22)14-15(19)20-17(26-14)21-3-5-24-6-4-21/h1-2,7-8H,3-6,19H2. The number of rotatable bonds is 3. The van der Waals surface area contributed by atoms with Gasteiger partial charge >= 0.3 is 5.63 Å². The molecule has 3 heterocycles. The number of morpholine rings is 1. The highest BCUT2D eigenvalue weighted by Gasteiger charge is 2.24. The molecule has 134 valence electrons. The SMILES string of the molecule is Nc1nc(N2CCOCC2)sc1C(=O)c1cc2cc(Br)ccc2oc1=O. The smallest absolute Gasteiger partial charge is 0.347 e. The summed E-state index contributed by atoms with van der Waals surface area (Å²) in [5, 5.41) is 1.31. The number of anilines is 2. The fourth-order valence-electron chi connectivity index (χ4n) is 2.75. The number of hydrogen-bond donors (Lipinski definition) is 1. The Bertz CT molecular complexity index is 1060. The van der Waals surface area contributed by atoms with Crippen LogP contribution in [0.2, 0.25) is 0 Å². The van der Waals surface area contributed by atoms with Crippen LogP contribution in [0.3, 0.4) is 0 Å². The molecule has 1 aromatic carbocycles. The molecule has 2 aromatic heterocycles. The number of benzene rings is 1. The van der Waals surface area contributed by atoms with E-state index in [9.17, 15) is 9.59 Å². The van der Waals surface area contributed by atoms with Crippen LogP contribution in [0.25, 0.3) is 11.0 Å². The average Bonchev–Trinajstić information content (AvgIpc) is 3.03. The second-order valence-electron chi connectivity index (χ2n) is 5.77. The topological polar surface area (TPSA) is 98.7 Å². The molecule has 0 atom stereocenters. The van der Waals surface area contributed by atoms with Gasteiger partial charge in [-0.25, -0.2) is 9.78 Å². The molecule has 9 heteroatoms. The normalized spacial score (nSPS) is 14.7. The van der Waals surface area contributed by atoms with E-state index in [4.69, 9.17) is 14.9 Å². The third-order valence-electron chi connectivity index (χ3n) is 4.07. The molecule has 2 N–H and O–H groups in total. The van der Waals surface area contributed by atoms with E-state index in [-0.39, 0.29) is 16.3 Å². The molecule has 7 nitrogen and oxygen atoms in total. The van der Waals surface area contributed by atoms with Gasteiger partial charge in [-0.1, -0.05) is 27.3 Å². The predicted molar refractivity (Wildman–Crippen MR) is 103 cm³/mol. The van der Waals surface area contributed by atoms with Crippen LogP contribution in [0, 0.1) is 0 Å². The molecule has 1 aliphatic rings. The molecule has 0 amide bonds. The summed E-state index contributed by atoms with van der Waals surface area (Å²) >= 11 is 4.55. The summed E-state index contributed by atoms with van der Waals surface area (Å²) in [7, 11) is 0. The Morgan fingerprint density at radius 2 is 2.04 bits per heavy atom. The first-order valence-corrected chi connectivity index (χ1v) is 9.51. The zero-order chi connectivity index (χ0) is 18.3. The Kier molecular flexibility index (Phi) is 4.51. The van der Waals surface area contributed by atoms with E-state index in [0.717, 1.165) is 4.47 Å². The van der Waals surface area contributed by atoms with Crippen molar-refractivity contribution in [2.45, 2.75) is 0 Å². The number of ketones is 1. The van der Waals surface area contributed by atoms with E-state index in [1.807, 2.05) is 4.90 Å². The number of nitrogens with two attached hydrogens (primary N) is 1. The fraction of sp³-hybridized carbons (Fsp3) is 0.235. The average molecular weight is 436 g/mol. The Hall–Kier alpha value is -2.23. The molecule has 0 unspecified atom stereocenters. The number of ether oxygens (including phenoxy) is 1.